The van der Waals surface area contributed by atoms with Crippen molar-refractivity contribution in [2.24, 2.45) is 11.5 Å². The fraction of sp³-hybridized carbons (Fsp3) is 0.857. The predicted molar refractivity (Wildman–Crippen MR) is 44.9 cm³/mol. The highest BCUT2D eigenvalue weighted by Gasteiger charge is 2.14. The van der Waals surface area contributed by atoms with Gasteiger partial charge in [-0.1, -0.05) is 0 Å². The molecule has 0 aliphatic rings. The van der Waals surface area contributed by atoms with Crippen molar-refractivity contribution in [2.45, 2.75) is 25.4 Å². The zero-order valence-electron chi connectivity index (χ0n) is 7.37. The van der Waals surface area contributed by atoms with Gasteiger partial charge in [-0.25, -0.2) is 0 Å². The van der Waals surface area contributed by atoms with Crippen LogP contribution in [0.2, 0.25) is 0 Å². The average molecular weight is 159 g/mol. The fourth-order valence-electron chi connectivity index (χ4n) is 0.694. The van der Waals surface area contributed by atoms with Crippen LogP contribution in [0.3, 0.4) is 0 Å². The summed E-state index contributed by atoms with van der Waals surface area (Å²) in [7, 11) is 3.89. The third-order valence-corrected chi connectivity index (χ3v) is 1.84. The van der Waals surface area contributed by atoms with E-state index in [1.54, 1.807) is 0 Å². The number of rotatable bonds is 4. The van der Waals surface area contributed by atoms with E-state index in [1.165, 1.54) is 0 Å². The standard InChI is InChI=1S/C7H17N3O/c1-5(10(2)3)4-6(8)7(9)11/h5-6H,4,8H2,1-3H3,(H2,9,11). The Balaban J connectivity index is 3.75. The molecule has 0 bridgehead atoms. The largest absolute Gasteiger partial charge is 0.368 e. The monoisotopic (exact) mass is 159 g/mol. The molecule has 4 nitrogen and oxygen atoms in total. The molecule has 4 heteroatoms. The normalized spacial score (nSPS) is 16.5. The number of primary amides is 1. The van der Waals surface area contributed by atoms with Crippen LogP contribution in [-0.2, 0) is 4.79 Å². The van der Waals surface area contributed by atoms with Crippen LogP contribution in [0.5, 0.6) is 0 Å². The highest BCUT2D eigenvalue weighted by molar-refractivity contribution is 5.79. The van der Waals surface area contributed by atoms with Gasteiger partial charge in [-0.3, -0.25) is 4.79 Å². The Morgan fingerprint density at radius 2 is 2.00 bits per heavy atom. The molecule has 0 radical (unpaired) electrons. The molecule has 2 unspecified atom stereocenters. The van der Waals surface area contributed by atoms with Crippen LogP contribution in [0.1, 0.15) is 13.3 Å². The molecule has 0 aromatic carbocycles. The first-order valence-corrected chi connectivity index (χ1v) is 3.66. The lowest BCUT2D eigenvalue weighted by Gasteiger charge is -2.21. The van der Waals surface area contributed by atoms with Crippen molar-refractivity contribution in [1.82, 2.24) is 4.90 Å². The summed E-state index contributed by atoms with van der Waals surface area (Å²) in [5.74, 6) is -0.432. The molecular weight excluding hydrogens is 142 g/mol. The van der Waals surface area contributed by atoms with Crippen molar-refractivity contribution in [3.05, 3.63) is 0 Å². The minimum absolute atomic E-state index is 0.289. The van der Waals surface area contributed by atoms with Crippen molar-refractivity contribution in [3.8, 4) is 0 Å². The van der Waals surface area contributed by atoms with Gasteiger partial charge < -0.3 is 16.4 Å². The van der Waals surface area contributed by atoms with Crippen molar-refractivity contribution in [3.63, 3.8) is 0 Å². The van der Waals surface area contributed by atoms with Gasteiger partial charge in [0.25, 0.3) is 0 Å². The van der Waals surface area contributed by atoms with Gasteiger partial charge in [-0.2, -0.15) is 0 Å². The van der Waals surface area contributed by atoms with Gasteiger partial charge in [-0.15, -0.1) is 0 Å². The maximum atomic E-state index is 10.5. The van der Waals surface area contributed by atoms with Gasteiger partial charge >= 0.3 is 0 Å². The Labute approximate surface area is 67.5 Å². The number of hydrogen-bond donors (Lipinski definition) is 2. The number of nitrogens with two attached hydrogens (primary N) is 2. The van der Waals surface area contributed by atoms with Crippen molar-refractivity contribution in [1.29, 1.82) is 0 Å². The lowest BCUT2D eigenvalue weighted by molar-refractivity contribution is -0.119. The summed E-state index contributed by atoms with van der Waals surface area (Å²) >= 11 is 0. The first-order valence-electron chi connectivity index (χ1n) is 3.66. The topological polar surface area (TPSA) is 72.3 Å². The average Bonchev–Trinajstić information content (AvgIpc) is 1.87. The van der Waals surface area contributed by atoms with E-state index in [0.29, 0.717) is 6.42 Å². The lowest BCUT2D eigenvalue weighted by atomic mass is 10.1. The molecule has 66 valence electrons. The summed E-state index contributed by atoms with van der Waals surface area (Å²) in [6, 6.07) is -0.232. The summed E-state index contributed by atoms with van der Waals surface area (Å²) in [6.45, 7) is 2.00. The van der Waals surface area contributed by atoms with Gasteiger partial charge in [-0.05, 0) is 27.4 Å². The van der Waals surface area contributed by atoms with Crippen molar-refractivity contribution < 1.29 is 4.79 Å². The van der Waals surface area contributed by atoms with E-state index in [4.69, 9.17) is 11.5 Å². The Bertz CT molecular complexity index is 136. The van der Waals surface area contributed by atoms with Crippen molar-refractivity contribution >= 4 is 5.91 Å². The molecule has 0 saturated heterocycles. The third kappa shape index (κ3) is 3.95. The van der Waals surface area contributed by atoms with Gasteiger partial charge in [0.05, 0.1) is 6.04 Å². The SMILES string of the molecule is CC(CC(N)C(N)=O)N(C)C. The number of carbonyl (C=O) groups is 1. The number of amides is 1. The van der Waals surface area contributed by atoms with E-state index in [9.17, 15) is 4.79 Å². The molecule has 0 aliphatic carbocycles. The van der Waals surface area contributed by atoms with E-state index >= 15 is 0 Å². The van der Waals surface area contributed by atoms with E-state index in [0.717, 1.165) is 0 Å². The molecule has 0 spiro atoms. The number of carbonyl (C=O) groups excluding carboxylic acids is 1. The predicted octanol–water partition coefficient (Wildman–Crippen LogP) is -0.861. The first kappa shape index (κ1) is 10.4. The third-order valence-electron chi connectivity index (χ3n) is 1.84. The van der Waals surface area contributed by atoms with Gasteiger partial charge in [0.15, 0.2) is 0 Å². The summed E-state index contributed by atoms with van der Waals surface area (Å²) in [4.78, 5) is 12.5. The molecule has 2 atom stereocenters. The highest BCUT2D eigenvalue weighted by atomic mass is 16.1. The molecule has 0 rings (SSSR count). The summed E-state index contributed by atoms with van der Waals surface area (Å²) < 4.78 is 0. The molecule has 4 N–H and O–H groups in total. The van der Waals surface area contributed by atoms with Gasteiger partial charge in [0, 0.05) is 6.04 Å². The molecule has 0 heterocycles. The Morgan fingerprint density at radius 3 is 2.27 bits per heavy atom. The molecule has 0 saturated carbocycles. The van der Waals surface area contributed by atoms with Crippen LogP contribution >= 0.6 is 0 Å². The smallest absolute Gasteiger partial charge is 0.234 e. The van der Waals surface area contributed by atoms with Crippen LogP contribution in [0.25, 0.3) is 0 Å². The van der Waals surface area contributed by atoms with Crippen LogP contribution in [0.4, 0.5) is 0 Å². The Kier molecular flexibility index (Phi) is 4.07. The Morgan fingerprint density at radius 1 is 1.55 bits per heavy atom. The first-order chi connectivity index (χ1) is 4.95. The highest BCUT2D eigenvalue weighted by Crippen LogP contribution is 2.00. The summed E-state index contributed by atoms with van der Waals surface area (Å²) in [5, 5.41) is 0. The molecule has 11 heavy (non-hydrogen) atoms. The molecule has 0 aromatic rings. The zero-order valence-corrected chi connectivity index (χ0v) is 7.37. The molecule has 0 aromatic heterocycles. The molecule has 1 amide bonds. The lowest BCUT2D eigenvalue weighted by Crippen LogP contribution is -2.41. The van der Waals surface area contributed by atoms with E-state index in [1.807, 2.05) is 25.9 Å². The summed E-state index contributed by atoms with van der Waals surface area (Å²) in [6.07, 6.45) is 0.613. The maximum Gasteiger partial charge on any atom is 0.234 e. The van der Waals surface area contributed by atoms with E-state index in [-0.39, 0.29) is 6.04 Å². The Hall–Kier alpha value is -0.610. The van der Waals surface area contributed by atoms with Crippen LogP contribution in [-0.4, -0.2) is 37.0 Å². The van der Waals surface area contributed by atoms with Crippen LogP contribution in [0.15, 0.2) is 0 Å². The fourth-order valence-corrected chi connectivity index (χ4v) is 0.694. The second-order valence-corrected chi connectivity index (χ2v) is 3.06. The molecule has 0 aliphatic heterocycles. The van der Waals surface area contributed by atoms with Gasteiger partial charge in [0.1, 0.15) is 0 Å². The van der Waals surface area contributed by atoms with E-state index < -0.39 is 11.9 Å². The second kappa shape index (κ2) is 4.31. The van der Waals surface area contributed by atoms with Crippen molar-refractivity contribution in [2.75, 3.05) is 14.1 Å². The van der Waals surface area contributed by atoms with Crippen LogP contribution < -0.4 is 11.5 Å². The minimum Gasteiger partial charge on any atom is -0.368 e. The number of nitrogens with zero attached hydrogens (tertiary/aromatic N) is 1. The maximum absolute atomic E-state index is 10.5. The van der Waals surface area contributed by atoms with Gasteiger partial charge in [0.2, 0.25) is 5.91 Å². The minimum atomic E-state index is -0.521. The number of hydrogen-bond acceptors (Lipinski definition) is 3. The molecular formula is C7H17N3O. The quantitative estimate of drug-likeness (QED) is 0.560. The zero-order chi connectivity index (χ0) is 9.02. The molecule has 0 fully saturated rings. The second-order valence-electron chi connectivity index (χ2n) is 3.06. The van der Waals surface area contributed by atoms with E-state index in [2.05, 4.69) is 0 Å². The summed E-state index contributed by atoms with van der Waals surface area (Å²) in [5.41, 5.74) is 10.5. The van der Waals surface area contributed by atoms with Crippen LogP contribution in [0, 0.1) is 0 Å².